The van der Waals surface area contributed by atoms with E-state index < -0.39 is 42.2 Å². The number of amides is 3. The summed E-state index contributed by atoms with van der Waals surface area (Å²) < 4.78 is 32.7. The molecule has 0 spiro atoms. The molecule has 2 aliphatic rings. The van der Waals surface area contributed by atoms with Crippen LogP contribution in [0, 0.1) is 11.6 Å². The van der Waals surface area contributed by atoms with Gasteiger partial charge < -0.3 is 15.0 Å². The van der Waals surface area contributed by atoms with E-state index in [4.69, 9.17) is 4.74 Å². The molecule has 2 aliphatic heterocycles. The van der Waals surface area contributed by atoms with Gasteiger partial charge in [0.1, 0.15) is 17.4 Å². The molecule has 31 heavy (non-hydrogen) atoms. The number of benzene rings is 2. The van der Waals surface area contributed by atoms with E-state index in [1.54, 1.807) is 31.4 Å². The molecule has 3 amide bonds. The first-order chi connectivity index (χ1) is 14.9. The molecule has 2 aromatic rings. The van der Waals surface area contributed by atoms with Crippen molar-refractivity contribution in [3.05, 3.63) is 54.1 Å². The Morgan fingerprint density at radius 1 is 1.16 bits per heavy atom. The first-order valence-electron chi connectivity index (χ1n) is 9.36. The highest BCUT2D eigenvalue weighted by Crippen LogP contribution is 2.28. The summed E-state index contributed by atoms with van der Waals surface area (Å²) in [4.78, 5) is 40.4. The highest BCUT2D eigenvalue weighted by Gasteiger charge is 2.49. The second-order valence-electron chi connectivity index (χ2n) is 6.89. The molecule has 0 aliphatic carbocycles. The van der Waals surface area contributed by atoms with Crippen LogP contribution < -0.4 is 15.0 Å². The summed E-state index contributed by atoms with van der Waals surface area (Å²) in [6.07, 6.45) is -0.797. The number of halogens is 2. The topological polar surface area (TPSA) is 94.3 Å². The monoisotopic (exact) mass is 430 g/mol. The lowest BCUT2D eigenvalue weighted by atomic mass is 10.3. The van der Waals surface area contributed by atoms with E-state index in [1.165, 1.54) is 4.90 Å². The van der Waals surface area contributed by atoms with Gasteiger partial charge in [0.05, 0.1) is 12.8 Å². The van der Waals surface area contributed by atoms with E-state index in [0.717, 1.165) is 22.5 Å². The van der Waals surface area contributed by atoms with E-state index in [0.29, 0.717) is 24.9 Å². The van der Waals surface area contributed by atoms with Crippen LogP contribution in [0.4, 0.5) is 20.2 Å². The quantitative estimate of drug-likeness (QED) is 0.574. The van der Waals surface area contributed by atoms with E-state index in [9.17, 15) is 23.2 Å². The van der Waals surface area contributed by atoms with Crippen molar-refractivity contribution >= 4 is 29.1 Å². The zero-order chi connectivity index (χ0) is 22.1. The lowest BCUT2D eigenvalue weighted by Gasteiger charge is -2.27. The number of nitrogens with zero attached hydrogens (tertiary/aromatic N) is 4. The van der Waals surface area contributed by atoms with Gasteiger partial charge in [0, 0.05) is 30.0 Å². The number of carbonyl (C=O) groups is 3. The second-order valence-corrected chi connectivity index (χ2v) is 6.89. The normalized spacial score (nSPS) is 18.0. The minimum absolute atomic E-state index is 0.246. The standard InChI is InChI=1S/C20H17F2N5O4/c1-31-14-5-3-13(4-6-14)25-8-9-26-18(29)19(30)27(24-20(25)26)11-17(28)23-16-7-2-12(21)10-15(16)22/h2-7,10,20H,8-9,11H2,1H3/p+1. The minimum Gasteiger partial charge on any atom is -0.497 e. The molecule has 4 rings (SSSR count). The van der Waals surface area contributed by atoms with Gasteiger partial charge >= 0.3 is 11.8 Å². The van der Waals surface area contributed by atoms with Crippen molar-refractivity contribution in [2.24, 2.45) is 5.11 Å². The van der Waals surface area contributed by atoms with Gasteiger partial charge in [-0.2, -0.15) is 0 Å². The average molecular weight is 430 g/mol. The van der Waals surface area contributed by atoms with Crippen LogP contribution in [-0.4, -0.2) is 60.4 Å². The number of methoxy groups -OCH3 is 1. The molecule has 1 saturated heterocycles. The van der Waals surface area contributed by atoms with Gasteiger partial charge in [-0.15, -0.1) is 0 Å². The maximum atomic E-state index is 13.8. The Balaban J connectivity index is 1.54. The maximum Gasteiger partial charge on any atom is 0.502 e. The molecule has 2 heterocycles. The highest BCUT2D eigenvalue weighted by atomic mass is 19.1. The number of hydrogen-bond acceptors (Lipinski definition) is 6. The molecule has 1 fully saturated rings. The van der Waals surface area contributed by atoms with Crippen molar-refractivity contribution in [2.75, 3.05) is 37.0 Å². The largest absolute Gasteiger partial charge is 0.502 e. The van der Waals surface area contributed by atoms with Gasteiger partial charge in [0.2, 0.25) is 0 Å². The zero-order valence-electron chi connectivity index (χ0n) is 16.4. The Morgan fingerprint density at radius 3 is 2.55 bits per heavy atom. The van der Waals surface area contributed by atoms with Crippen LogP contribution in [0.1, 0.15) is 0 Å². The third-order valence-corrected chi connectivity index (χ3v) is 4.96. The number of anilines is 2. The van der Waals surface area contributed by atoms with Crippen LogP contribution in [0.25, 0.3) is 0 Å². The summed E-state index contributed by atoms with van der Waals surface area (Å²) in [6.45, 7) is 0.147. The number of azo groups is 2. The lowest BCUT2D eigenvalue weighted by Crippen LogP contribution is -2.52. The van der Waals surface area contributed by atoms with Gasteiger partial charge in [-0.25, -0.2) is 13.6 Å². The summed E-state index contributed by atoms with van der Waals surface area (Å²) in [7, 11) is 1.55. The van der Waals surface area contributed by atoms with Crippen molar-refractivity contribution in [3.63, 3.8) is 0 Å². The molecule has 0 aromatic heterocycles. The fourth-order valence-electron chi connectivity index (χ4n) is 3.42. The Bertz CT molecular complexity index is 1090. The molecule has 2 aromatic carbocycles. The van der Waals surface area contributed by atoms with Gasteiger partial charge in [-0.1, -0.05) is 0 Å². The summed E-state index contributed by atoms with van der Waals surface area (Å²) in [5, 5.41) is 6.51. The Kier molecular flexibility index (Phi) is 5.32. The van der Waals surface area contributed by atoms with Crippen molar-refractivity contribution in [2.45, 2.75) is 6.29 Å². The molecular formula is C20H18F2N5O4+. The van der Waals surface area contributed by atoms with Crippen molar-refractivity contribution in [3.8, 4) is 5.75 Å². The van der Waals surface area contributed by atoms with Crippen LogP contribution in [-0.2, 0) is 14.4 Å². The van der Waals surface area contributed by atoms with Gasteiger partial charge in [0.25, 0.3) is 18.7 Å². The second kappa shape index (κ2) is 8.09. The van der Waals surface area contributed by atoms with Crippen LogP contribution in [0.3, 0.4) is 0 Å². The van der Waals surface area contributed by atoms with E-state index >= 15 is 0 Å². The van der Waals surface area contributed by atoms with E-state index in [2.05, 4.69) is 10.4 Å². The van der Waals surface area contributed by atoms with Crippen LogP contribution in [0.5, 0.6) is 5.75 Å². The SMILES string of the molecule is COc1ccc(N2CCN3C(=O)C(=O)[N+](CC(=O)Nc4ccc(F)cc4F)=NC32)cc1. The molecule has 1 atom stereocenters. The van der Waals surface area contributed by atoms with Crippen LogP contribution >= 0.6 is 0 Å². The fraction of sp³-hybridized carbons (Fsp3) is 0.250. The molecule has 1 unspecified atom stereocenters. The number of carbonyl (C=O) groups excluding carboxylic acids is 3. The zero-order valence-corrected chi connectivity index (χ0v) is 16.4. The van der Waals surface area contributed by atoms with E-state index in [1.807, 2.05) is 4.90 Å². The fourth-order valence-corrected chi connectivity index (χ4v) is 3.42. The molecule has 160 valence electrons. The van der Waals surface area contributed by atoms with Crippen molar-refractivity contribution in [1.29, 1.82) is 0 Å². The number of ether oxygens (including phenoxy) is 1. The van der Waals surface area contributed by atoms with Crippen LogP contribution in [0.2, 0.25) is 0 Å². The Hall–Kier alpha value is -3.89. The first kappa shape index (κ1) is 20.4. The average Bonchev–Trinajstić information content (AvgIpc) is 3.18. The van der Waals surface area contributed by atoms with Gasteiger partial charge in [-0.05, 0) is 41.1 Å². The Labute approximate surface area is 175 Å². The maximum absolute atomic E-state index is 13.8. The summed E-state index contributed by atoms with van der Waals surface area (Å²) in [5.74, 6) is -3.60. The summed E-state index contributed by atoms with van der Waals surface area (Å²) in [6, 6.07) is 9.79. The minimum atomic E-state index is -0.959. The number of rotatable bonds is 5. The van der Waals surface area contributed by atoms with Gasteiger partial charge in [-0.3, -0.25) is 14.5 Å². The third-order valence-electron chi connectivity index (χ3n) is 4.96. The number of nitrogens with one attached hydrogen (secondary N) is 1. The third kappa shape index (κ3) is 3.93. The number of hydrogen-bond donors (Lipinski definition) is 1. The predicted molar refractivity (Wildman–Crippen MR) is 103 cm³/mol. The first-order valence-corrected chi connectivity index (χ1v) is 9.36. The van der Waals surface area contributed by atoms with Crippen molar-refractivity contribution in [1.82, 2.24) is 4.90 Å². The molecular weight excluding hydrogens is 412 g/mol. The van der Waals surface area contributed by atoms with Crippen molar-refractivity contribution < 1.29 is 32.6 Å². The summed E-state index contributed by atoms with van der Waals surface area (Å²) >= 11 is 0. The molecule has 0 saturated carbocycles. The number of fused-ring (bicyclic) bond motifs is 1. The molecule has 1 N–H and O–H groups in total. The predicted octanol–water partition coefficient (Wildman–Crippen LogP) is 1.55. The van der Waals surface area contributed by atoms with Crippen LogP contribution in [0.15, 0.2) is 47.6 Å². The molecule has 11 heteroatoms. The lowest BCUT2D eigenvalue weighted by molar-refractivity contribution is -0.509. The molecule has 9 nitrogen and oxygen atoms in total. The molecule has 0 radical (unpaired) electrons. The molecule has 0 bridgehead atoms. The van der Waals surface area contributed by atoms with E-state index in [-0.39, 0.29) is 5.69 Å². The smallest absolute Gasteiger partial charge is 0.497 e. The summed E-state index contributed by atoms with van der Waals surface area (Å²) in [5.41, 5.74) is 0.515. The van der Waals surface area contributed by atoms with Gasteiger partial charge in [0.15, 0.2) is 0 Å². The Morgan fingerprint density at radius 2 is 1.87 bits per heavy atom. The highest BCUT2D eigenvalue weighted by molar-refractivity contribution is 6.32.